The summed E-state index contributed by atoms with van der Waals surface area (Å²) in [5.74, 6) is 0.106. The van der Waals surface area contributed by atoms with E-state index in [1.54, 1.807) is 12.1 Å². The Hall–Kier alpha value is -3.41. The number of nitriles is 1. The Morgan fingerprint density at radius 1 is 1.27 bits per heavy atom. The quantitative estimate of drug-likeness (QED) is 0.567. The van der Waals surface area contributed by atoms with Gasteiger partial charge in [0.2, 0.25) is 0 Å². The molecule has 0 bridgehead atoms. The first-order chi connectivity index (χ1) is 12.4. The Morgan fingerprint density at radius 2 is 2.04 bits per heavy atom. The molecular formula is C17H15F2N3O4. The van der Waals surface area contributed by atoms with E-state index >= 15 is 0 Å². The van der Waals surface area contributed by atoms with E-state index in [2.05, 4.69) is 10.1 Å². The van der Waals surface area contributed by atoms with Gasteiger partial charge in [0.15, 0.2) is 11.5 Å². The number of anilines is 1. The van der Waals surface area contributed by atoms with E-state index in [4.69, 9.17) is 10.00 Å². The Balaban J connectivity index is 2.06. The highest BCUT2D eigenvalue weighted by Gasteiger charge is 2.15. The highest BCUT2D eigenvalue weighted by molar-refractivity contribution is 5.64. The summed E-state index contributed by atoms with van der Waals surface area (Å²) in [5, 5.41) is 22.9. The Bertz CT molecular complexity index is 837. The molecule has 0 aromatic heterocycles. The second-order valence-electron chi connectivity index (χ2n) is 5.14. The molecule has 0 spiro atoms. The van der Waals surface area contributed by atoms with Gasteiger partial charge < -0.3 is 14.8 Å². The Morgan fingerprint density at radius 3 is 2.65 bits per heavy atom. The maximum atomic E-state index is 12.3. The molecule has 0 fully saturated rings. The minimum atomic E-state index is -2.95. The second-order valence-corrected chi connectivity index (χ2v) is 5.14. The molecule has 9 heteroatoms. The third kappa shape index (κ3) is 4.80. The number of hydrogen-bond donors (Lipinski definition) is 1. The number of nitrogens with zero attached hydrogens (tertiary/aromatic N) is 2. The van der Waals surface area contributed by atoms with Gasteiger partial charge in [0.25, 0.3) is 5.69 Å². The minimum Gasteiger partial charge on any atom is -0.493 e. The summed E-state index contributed by atoms with van der Waals surface area (Å²) in [6, 6.07) is 10.5. The van der Waals surface area contributed by atoms with Crippen molar-refractivity contribution in [2.75, 3.05) is 19.0 Å². The van der Waals surface area contributed by atoms with Gasteiger partial charge in [0, 0.05) is 12.6 Å². The van der Waals surface area contributed by atoms with E-state index < -0.39 is 11.5 Å². The Labute approximate surface area is 147 Å². The lowest BCUT2D eigenvalue weighted by atomic mass is 10.1. The van der Waals surface area contributed by atoms with Crippen molar-refractivity contribution in [1.82, 2.24) is 0 Å². The average Bonchev–Trinajstić information content (AvgIpc) is 2.62. The molecule has 0 amide bonds. The van der Waals surface area contributed by atoms with E-state index in [1.807, 2.05) is 6.07 Å². The van der Waals surface area contributed by atoms with Crippen LogP contribution in [0.5, 0.6) is 11.5 Å². The Kier molecular flexibility index (Phi) is 6.27. The molecule has 136 valence electrons. The van der Waals surface area contributed by atoms with Crippen molar-refractivity contribution >= 4 is 11.4 Å². The van der Waals surface area contributed by atoms with E-state index in [-0.39, 0.29) is 22.7 Å². The molecule has 7 nitrogen and oxygen atoms in total. The minimum absolute atomic E-state index is 0.0676. The van der Waals surface area contributed by atoms with Crippen LogP contribution in [0.25, 0.3) is 0 Å². The first kappa shape index (κ1) is 18.9. The van der Waals surface area contributed by atoms with Crippen molar-refractivity contribution in [2.24, 2.45) is 0 Å². The molecule has 0 aliphatic rings. The van der Waals surface area contributed by atoms with Crippen LogP contribution in [-0.4, -0.2) is 25.2 Å². The van der Waals surface area contributed by atoms with E-state index in [9.17, 15) is 18.9 Å². The number of ether oxygens (including phenoxy) is 2. The number of alkyl halides is 2. The topological polar surface area (TPSA) is 97.4 Å². The van der Waals surface area contributed by atoms with Crippen LogP contribution >= 0.6 is 0 Å². The SMILES string of the molecule is COc1cc(CCNc2ccc(C#N)cc2[N+](=O)[O-])ccc1OC(F)F. The molecule has 2 aromatic carbocycles. The zero-order chi connectivity index (χ0) is 19.1. The van der Waals surface area contributed by atoms with E-state index in [0.29, 0.717) is 18.7 Å². The molecule has 2 rings (SSSR count). The molecule has 1 N–H and O–H groups in total. The highest BCUT2D eigenvalue weighted by Crippen LogP contribution is 2.30. The fraction of sp³-hybridized carbons (Fsp3) is 0.235. The summed E-state index contributed by atoms with van der Waals surface area (Å²) in [4.78, 5) is 10.5. The summed E-state index contributed by atoms with van der Waals surface area (Å²) in [6.07, 6.45) is 0.461. The van der Waals surface area contributed by atoms with Crippen LogP contribution in [0.15, 0.2) is 36.4 Å². The van der Waals surface area contributed by atoms with Crippen molar-refractivity contribution in [3.8, 4) is 17.6 Å². The van der Waals surface area contributed by atoms with Gasteiger partial charge in [-0.25, -0.2) is 0 Å². The van der Waals surface area contributed by atoms with Gasteiger partial charge in [-0.15, -0.1) is 0 Å². The van der Waals surface area contributed by atoms with Crippen molar-refractivity contribution in [3.63, 3.8) is 0 Å². The second kappa shape index (κ2) is 8.62. The molecule has 2 aromatic rings. The van der Waals surface area contributed by atoms with Gasteiger partial charge in [-0.2, -0.15) is 14.0 Å². The molecule has 0 unspecified atom stereocenters. The van der Waals surface area contributed by atoms with E-state index in [0.717, 1.165) is 5.56 Å². The van der Waals surface area contributed by atoms with Crippen LogP contribution < -0.4 is 14.8 Å². The molecule has 0 aliphatic carbocycles. The summed E-state index contributed by atoms with van der Waals surface area (Å²) in [6.45, 7) is -2.60. The lowest BCUT2D eigenvalue weighted by molar-refractivity contribution is -0.384. The standard InChI is InChI=1S/C17H15F2N3O4/c1-25-16-9-11(3-5-15(16)26-17(18)19)6-7-21-13-4-2-12(10-20)8-14(13)22(23)24/h2-5,8-9,17,21H,6-7H2,1H3. The third-order valence-corrected chi connectivity index (χ3v) is 3.50. The van der Waals surface area contributed by atoms with Crippen molar-refractivity contribution < 1.29 is 23.2 Å². The summed E-state index contributed by atoms with van der Waals surface area (Å²) < 4.78 is 34.0. The number of methoxy groups -OCH3 is 1. The first-order valence-corrected chi connectivity index (χ1v) is 7.48. The number of nitrogens with one attached hydrogen (secondary N) is 1. The highest BCUT2D eigenvalue weighted by atomic mass is 19.3. The first-order valence-electron chi connectivity index (χ1n) is 7.48. The lowest BCUT2D eigenvalue weighted by Crippen LogP contribution is -2.08. The average molecular weight is 363 g/mol. The smallest absolute Gasteiger partial charge is 0.387 e. The zero-order valence-electron chi connectivity index (χ0n) is 13.7. The van der Waals surface area contributed by atoms with Crippen LogP contribution in [0.2, 0.25) is 0 Å². The molecular weight excluding hydrogens is 348 g/mol. The fourth-order valence-corrected chi connectivity index (χ4v) is 2.30. The maximum Gasteiger partial charge on any atom is 0.387 e. The molecule has 0 radical (unpaired) electrons. The van der Waals surface area contributed by atoms with Crippen molar-refractivity contribution in [1.29, 1.82) is 5.26 Å². The predicted molar refractivity (Wildman–Crippen MR) is 89.6 cm³/mol. The predicted octanol–water partition coefficient (Wildman–Crippen LogP) is 3.73. The summed E-state index contributed by atoms with van der Waals surface area (Å²) in [7, 11) is 1.34. The number of nitro benzene ring substituents is 1. The normalized spacial score (nSPS) is 10.3. The zero-order valence-corrected chi connectivity index (χ0v) is 13.7. The molecule has 0 heterocycles. The van der Waals surface area contributed by atoms with Crippen LogP contribution in [0.4, 0.5) is 20.2 Å². The number of nitro groups is 1. The van der Waals surface area contributed by atoms with Crippen LogP contribution in [0.3, 0.4) is 0 Å². The largest absolute Gasteiger partial charge is 0.493 e. The van der Waals surface area contributed by atoms with Crippen LogP contribution in [0.1, 0.15) is 11.1 Å². The lowest BCUT2D eigenvalue weighted by Gasteiger charge is -2.12. The van der Waals surface area contributed by atoms with Gasteiger partial charge in [0.1, 0.15) is 5.69 Å². The summed E-state index contributed by atoms with van der Waals surface area (Å²) in [5.41, 5.74) is 1.06. The van der Waals surface area contributed by atoms with E-state index in [1.165, 1.54) is 31.4 Å². The monoisotopic (exact) mass is 363 g/mol. The molecule has 0 aliphatic heterocycles. The fourth-order valence-electron chi connectivity index (χ4n) is 2.30. The summed E-state index contributed by atoms with van der Waals surface area (Å²) >= 11 is 0. The van der Waals surface area contributed by atoms with Crippen LogP contribution in [-0.2, 0) is 6.42 Å². The number of benzene rings is 2. The van der Waals surface area contributed by atoms with Crippen LogP contribution in [0, 0.1) is 21.4 Å². The number of hydrogen-bond acceptors (Lipinski definition) is 6. The maximum absolute atomic E-state index is 12.3. The number of halogens is 2. The molecule has 0 saturated heterocycles. The molecule has 0 atom stereocenters. The van der Waals surface area contributed by atoms with Gasteiger partial charge >= 0.3 is 6.61 Å². The third-order valence-electron chi connectivity index (χ3n) is 3.50. The van der Waals surface area contributed by atoms with Gasteiger partial charge in [-0.1, -0.05) is 6.07 Å². The van der Waals surface area contributed by atoms with Gasteiger partial charge in [-0.05, 0) is 36.2 Å². The molecule has 26 heavy (non-hydrogen) atoms. The van der Waals surface area contributed by atoms with Gasteiger partial charge in [0.05, 0.1) is 23.7 Å². The number of rotatable bonds is 8. The van der Waals surface area contributed by atoms with Crippen molar-refractivity contribution in [3.05, 3.63) is 57.6 Å². The van der Waals surface area contributed by atoms with Gasteiger partial charge in [-0.3, -0.25) is 10.1 Å². The van der Waals surface area contributed by atoms with Crippen molar-refractivity contribution in [2.45, 2.75) is 13.0 Å². The molecule has 0 saturated carbocycles.